The van der Waals surface area contributed by atoms with Crippen molar-refractivity contribution in [2.45, 2.75) is 6.54 Å². The van der Waals surface area contributed by atoms with Gasteiger partial charge in [-0.05, 0) is 18.2 Å². The maximum absolute atomic E-state index is 12.0. The van der Waals surface area contributed by atoms with Gasteiger partial charge in [0.25, 0.3) is 11.8 Å². The number of imide groups is 1. The molecule has 0 saturated heterocycles. The minimum absolute atomic E-state index is 0.152. The molecule has 0 bridgehead atoms. The van der Waals surface area contributed by atoms with Crippen LogP contribution in [0.15, 0.2) is 41.3 Å². The van der Waals surface area contributed by atoms with Crippen molar-refractivity contribution in [3.63, 3.8) is 0 Å². The molecule has 0 spiro atoms. The van der Waals surface area contributed by atoms with E-state index in [1.54, 1.807) is 18.2 Å². The Hall–Kier alpha value is -2.43. The highest BCUT2D eigenvalue weighted by Gasteiger charge is 2.35. The monoisotopic (exact) mass is 228 g/mol. The van der Waals surface area contributed by atoms with Gasteiger partial charge in [0, 0.05) is 12.4 Å². The van der Waals surface area contributed by atoms with Crippen molar-refractivity contribution < 1.29 is 14.0 Å². The predicted molar refractivity (Wildman–Crippen MR) is 57.1 cm³/mol. The first-order valence-electron chi connectivity index (χ1n) is 5.10. The molecule has 0 N–H and O–H groups in total. The lowest BCUT2D eigenvalue weighted by Crippen LogP contribution is -2.28. The van der Waals surface area contributed by atoms with E-state index in [9.17, 15) is 9.59 Å². The molecular weight excluding hydrogens is 220 g/mol. The molecule has 2 aromatic heterocycles. The lowest BCUT2D eigenvalue weighted by atomic mass is 10.2. The standard InChI is InChI=1S/C12H8N2O3/c15-11-9-3-4-13-6-10(9)12(16)14(11)7-8-2-1-5-17-8/h1-6H,7H2. The zero-order valence-corrected chi connectivity index (χ0v) is 8.79. The fraction of sp³-hybridized carbons (Fsp3) is 0.0833. The first-order valence-corrected chi connectivity index (χ1v) is 5.10. The van der Waals surface area contributed by atoms with E-state index in [0.717, 1.165) is 4.90 Å². The average Bonchev–Trinajstić information content (AvgIpc) is 2.94. The first-order chi connectivity index (χ1) is 8.27. The molecule has 5 heteroatoms. The van der Waals surface area contributed by atoms with Gasteiger partial charge in [-0.3, -0.25) is 19.5 Å². The molecular formula is C12H8N2O3. The van der Waals surface area contributed by atoms with Crippen LogP contribution in [0.5, 0.6) is 0 Å². The van der Waals surface area contributed by atoms with Crippen LogP contribution in [0, 0.1) is 0 Å². The topological polar surface area (TPSA) is 63.4 Å². The minimum Gasteiger partial charge on any atom is -0.467 e. The van der Waals surface area contributed by atoms with Crippen LogP contribution in [0.3, 0.4) is 0 Å². The van der Waals surface area contributed by atoms with E-state index in [1.807, 2.05) is 0 Å². The van der Waals surface area contributed by atoms with Crippen molar-refractivity contribution in [3.8, 4) is 0 Å². The SMILES string of the molecule is O=C1c2ccncc2C(=O)N1Cc1ccco1. The van der Waals surface area contributed by atoms with Gasteiger partial charge in [0.15, 0.2) is 0 Å². The van der Waals surface area contributed by atoms with E-state index in [-0.39, 0.29) is 18.4 Å². The summed E-state index contributed by atoms with van der Waals surface area (Å²) in [5.74, 6) is -0.0502. The van der Waals surface area contributed by atoms with Crippen LogP contribution in [-0.2, 0) is 6.54 Å². The molecule has 0 radical (unpaired) electrons. The Kier molecular flexibility index (Phi) is 2.04. The fourth-order valence-electron chi connectivity index (χ4n) is 1.84. The Morgan fingerprint density at radius 2 is 2.00 bits per heavy atom. The molecule has 0 fully saturated rings. The number of carbonyl (C=O) groups is 2. The van der Waals surface area contributed by atoms with Gasteiger partial charge < -0.3 is 4.42 Å². The zero-order valence-electron chi connectivity index (χ0n) is 8.79. The van der Waals surface area contributed by atoms with Crippen LogP contribution in [0.1, 0.15) is 26.5 Å². The third kappa shape index (κ3) is 1.44. The number of carbonyl (C=O) groups excluding carboxylic acids is 2. The number of fused-ring (bicyclic) bond motifs is 1. The van der Waals surface area contributed by atoms with Crippen LogP contribution in [-0.4, -0.2) is 21.7 Å². The van der Waals surface area contributed by atoms with E-state index in [2.05, 4.69) is 4.98 Å². The van der Waals surface area contributed by atoms with Gasteiger partial charge in [-0.25, -0.2) is 0 Å². The molecule has 1 aliphatic rings. The molecule has 2 amide bonds. The van der Waals surface area contributed by atoms with Crippen molar-refractivity contribution in [1.82, 2.24) is 9.88 Å². The van der Waals surface area contributed by atoms with E-state index in [4.69, 9.17) is 4.42 Å². The number of nitrogens with zero attached hydrogens (tertiary/aromatic N) is 2. The van der Waals surface area contributed by atoms with Gasteiger partial charge >= 0.3 is 0 Å². The minimum atomic E-state index is -0.325. The molecule has 0 aromatic carbocycles. The van der Waals surface area contributed by atoms with Gasteiger partial charge in [0.05, 0.1) is 23.9 Å². The molecule has 0 aliphatic carbocycles. The second kappa shape index (κ2) is 3.55. The molecule has 84 valence electrons. The van der Waals surface area contributed by atoms with Crippen molar-refractivity contribution in [2.75, 3.05) is 0 Å². The Balaban J connectivity index is 1.95. The molecule has 3 heterocycles. The number of rotatable bonds is 2. The summed E-state index contributed by atoms with van der Waals surface area (Å²) in [7, 11) is 0. The molecule has 2 aromatic rings. The number of aromatic nitrogens is 1. The van der Waals surface area contributed by atoms with Crippen molar-refractivity contribution in [2.24, 2.45) is 0 Å². The van der Waals surface area contributed by atoms with E-state index >= 15 is 0 Å². The average molecular weight is 228 g/mol. The van der Waals surface area contributed by atoms with Crippen LogP contribution in [0.4, 0.5) is 0 Å². The van der Waals surface area contributed by atoms with Crippen LogP contribution >= 0.6 is 0 Å². The summed E-state index contributed by atoms with van der Waals surface area (Å²) in [5, 5.41) is 0. The lowest BCUT2D eigenvalue weighted by molar-refractivity contribution is 0.0631. The molecule has 0 saturated carbocycles. The van der Waals surface area contributed by atoms with Crippen LogP contribution in [0.2, 0.25) is 0 Å². The maximum atomic E-state index is 12.0. The molecule has 5 nitrogen and oxygen atoms in total. The third-order valence-electron chi connectivity index (χ3n) is 2.67. The van der Waals surface area contributed by atoms with Crippen molar-refractivity contribution >= 4 is 11.8 Å². The van der Waals surface area contributed by atoms with E-state index < -0.39 is 0 Å². The predicted octanol–water partition coefficient (Wildman–Crippen LogP) is 1.47. The van der Waals surface area contributed by atoms with E-state index in [1.165, 1.54) is 18.7 Å². The summed E-state index contributed by atoms with van der Waals surface area (Å²) in [6.07, 6.45) is 4.42. The number of amides is 2. The van der Waals surface area contributed by atoms with Gasteiger partial charge in [0.2, 0.25) is 0 Å². The maximum Gasteiger partial charge on any atom is 0.263 e. The van der Waals surface area contributed by atoms with Crippen molar-refractivity contribution in [3.05, 3.63) is 53.7 Å². The Morgan fingerprint density at radius 3 is 2.71 bits per heavy atom. The molecule has 1 aliphatic heterocycles. The van der Waals surface area contributed by atoms with Gasteiger partial charge in [-0.1, -0.05) is 0 Å². The number of hydrogen-bond donors (Lipinski definition) is 0. The summed E-state index contributed by atoms with van der Waals surface area (Å²) in [4.78, 5) is 28.9. The number of pyridine rings is 1. The fourth-order valence-corrected chi connectivity index (χ4v) is 1.84. The second-order valence-electron chi connectivity index (χ2n) is 3.70. The smallest absolute Gasteiger partial charge is 0.263 e. The second-order valence-corrected chi connectivity index (χ2v) is 3.70. The quantitative estimate of drug-likeness (QED) is 0.730. The number of furan rings is 1. The molecule has 17 heavy (non-hydrogen) atoms. The van der Waals surface area contributed by atoms with Gasteiger partial charge in [-0.2, -0.15) is 0 Å². The summed E-state index contributed by atoms with van der Waals surface area (Å²) in [5.41, 5.74) is 0.751. The molecule has 0 unspecified atom stereocenters. The van der Waals surface area contributed by atoms with Gasteiger partial charge in [0.1, 0.15) is 5.76 Å². The van der Waals surface area contributed by atoms with Crippen molar-refractivity contribution in [1.29, 1.82) is 0 Å². The summed E-state index contributed by atoms with van der Waals surface area (Å²) in [6, 6.07) is 4.99. The molecule has 0 atom stereocenters. The Labute approximate surface area is 96.7 Å². The van der Waals surface area contributed by atoms with E-state index in [0.29, 0.717) is 16.9 Å². The highest BCUT2D eigenvalue weighted by molar-refractivity contribution is 6.21. The summed E-state index contributed by atoms with van der Waals surface area (Å²) >= 11 is 0. The largest absolute Gasteiger partial charge is 0.467 e. The number of hydrogen-bond acceptors (Lipinski definition) is 4. The Morgan fingerprint density at radius 1 is 1.18 bits per heavy atom. The summed E-state index contributed by atoms with van der Waals surface area (Å²) < 4.78 is 5.13. The lowest BCUT2D eigenvalue weighted by Gasteiger charge is -2.11. The highest BCUT2D eigenvalue weighted by Crippen LogP contribution is 2.23. The van der Waals surface area contributed by atoms with Crippen LogP contribution in [0.25, 0.3) is 0 Å². The highest BCUT2D eigenvalue weighted by atomic mass is 16.3. The third-order valence-corrected chi connectivity index (χ3v) is 2.67. The zero-order chi connectivity index (χ0) is 11.8. The summed E-state index contributed by atoms with van der Waals surface area (Å²) in [6.45, 7) is 0.152. The van der Waals surface area contributed by atoms with Gasteiger partial charge in [-0.15, -0.1) is 0 Å². The molecule has 3 rings (SSSR count). The first kappa shape index (κ1) is 9.77. The van der Waals surface area contributed by atoms with Crippen LogP contribution < -0.4 is 0 Å². The normalized spacial score (nSPS) is 14.2. The Bertz CT molecular complexity index is 555.